The predicted octanol–water partition coefficient (Wildman–Crippen LogP) is 3.91. The highest BCUT2D eigenvalue weighted by Crippen LogP contribution is 2.19. The fraction of sp³-hybridized carbons (Fsp3) is 0.167. The summed E-state index contributed by atoms with van der Waals surface area (Å²) in [4.78, 5) is 24.4. The van der Waals surface area contributed by atoms with E-state index in [0.717, 1.165) is 16.9 Å². The van der Waals surface area contributed by atoms with Crippen molar-refractivity contribution < 1.29 is 14.3 Å². The summed E-state index contributed by atoms with van der Waals surface area (Å²) < 4.78 is 5.36. The minimum atomic E-state index is -0.186. The highest BCUT2D eigenvalue weighted by molar-refractivity contribution is 5.95. The van der Waals surface area contributed by atoms with Crippen molar-refractivity contribution in [2.24, 2.45) is 0 Å². The average Bonchev–Trinajstić information content (AvgIpc) is 2.78. The van der Waals surface area contributed by atoms with Crippen LogP contribution in [0.25, 0.3) is 11.1 Å². The lowest BCUT2D eigenvalue weighted by atomic mass is 10.0. The van der Waals surface area contributed by atoms with E-state index in [1.165, 1.54) is 0 Å². The maximum absolute atomic E-state index is 12.3. The van der Waals surface area contributed by atoms with Crippen LogP contribution in [0.4, 0.5) is 0 Å². The molecule has 3 aromatic carbocycles. The van der Waals surface area contributed by atoms with Crippen molar-refractivity contribution in [2.45, 2.75) is 6.92 Å². The molecular formula is C24H24N2O3. The first kappa shape index (κ1) is 20.1. The standard InChI is InChI=1S/C24H24N2O3/c1-2-29-22-14-12-21(13-15-22)24(28)26-17-16-25-23(27)20-10-8-19(9-11-20)18-6-4-3-5-7-18/h3-15H,2,16-17H2,1H3,(H,25,27)(H,26,28). The molecule has 0 saturated carbocycles. The zero-order valence-electron chi connectivity index (χ0n) is 16.4. The number of ether oxygens (including phenoxy) is 1. The van der Waals surface area contributed by atoms with E-state index in [2.05, 4.69) is 10.6 Å². The van der Waals surface area contributed by atoms with Crippen molar-refractivity contribution >= 4 is 11.8 Å². The Labute approximate surface area is 170 Å². The van der Waals surface area contributed by atoms with Crippen LogP contribution in [0.5, 0.6) is 5.75 Å². The molecule has 0 spiro atoms. The summed E-state index contributed by atoms with van der Waals surface area (Å²) in [5.74, 6) is 0.379. The Hall–Kier alpha value is -3.60. The topological polar surface area (TPSA) is 67.4 Å². The van der Waals surface area contributed by atoms with E-state index < -0.39 is 0 Å². The first-order chi connectivity index (χ1) is 14.2. The van der Waals surface area contributed by atoms with Gasteiger partial charge in [-0.25, -0.2) is 0 Å². The van der Waals surface area contributed by atoms with Gasteiger partial charge in [0.15, 0.2) is 0 Å². The molecule has 5 heteroatoms. The summed E-state index contributed by atoms with van der Waals surface area (Å²) in [6, 6.07) is 24.4. The first-order valence-electron chi connectivity index (χ1n) is 9.62. The first-order valence-corrected chi connectivity index (χ1v) is 9.62. The number of rotatable bonds is 8. The molecule has 148 valence electrons. The summed E-state index contributed by atoms with van der Waals surface area (Å²) in [5, 5.41) is 5.61. The Morgan fingerprint density at radius 3 is 1.69 bits per heavy atom. The zero-order chi connectivity index (χ0) is 20.5. The number of hydrogen-bond donors (Lipinski definition) is 2. The molecule has 0 aliphatic heterocycles. The van der Waals surface area contributed by atoms with Crippen LogP contribution in [0.1, 0.15) is 27.6 Å². The molecule has 0 saturated heterocycles. The number of benzene rings is 3. The molecule has 0 unspecified atom stereocenters. The molecule has 0 aliphatic rings. The van der Waals surface area contributed by atoms with Crippen LogP contribution in [0.3, 0.4) is 0 Å². The Morgan fingerprint density at radius 2 is 1.17 bits per heavy atom. The Balaban J connectivity index is 1.44. The normalized spacial score (nSPS) is 10.2. The minimum absolute atomic E-state index is 0.167. The maximum atomic E-state index is 12.3. The SMILES string of the molecule is CCOc1ccc(C(=O)NCCNC(=O)c2ccc(-c3ccccc3)cc2)cc1. The summed E-state index contributed by atoms with van der Waals surface area (Å²) in [6.45, 7) is 3.19. The van der Waals surface area contributed by atoms with Gasteiger partial charge in [-0.05, 0) is 54.4 Å². The Morgan fingerprint density at radius 1 is 0.690 bits per heavy atom. The van der Waals surface area contributed by atoms with Gasteiger partial charge in [-0.1, -0.05) is 42.5 Å². The van der Waals surface area contributed by atoms with E-state index in [9.17, 15) is 9.59 Å². The summed E-state index contributed by atoms with van der Waals surface area (Å²) >= 11 is 0. The van der Waals surface area contributed by atoms with Gasteiger partial charge >= 0.3 is 0 Å². The number of carbonyl (C=O) groups is 2. The van der Waals surface area contributed by atoms with Gasteiger partial charge in [0.1, 0.15) is 5.75 Å². The van der Waals surface area contributed by atoms with Crippen molar-refractivity contribution in [2.75, 3.05) is 19.7 Å². The number of carbonyl (C=O) groups excluding carboxylic acids is 2. The molecule has 3 rings (SSSR count). The molecule has 3 aromatic rings. The van der Waals surface area contributed by atoms with E-state index >= 15 is 0 Å². The highest BCUT2D eigenvalue weighted by Gasteiger charge is 2.07. The number of hydrogen-bond acceptors (Lipinski definition) is 3. The van der Waals surface area contributed by atoms with Crippen molar-refractivity contribution in [1.29, 1.82) is 0 Å². The molecule has 2 N–H and O–H groups in total. The Bertz CT molecular complexity index is 936. The van der Waals surface area contributed by atoms with Gasteiger partial charge in [-0.2, -0.15) is 0 Å². The molecule has 5 nitrogen and oxygen atoms in total. The van der Waals surface area contributed by atoms with Crippen molar-refractivity contribution in [1.82, 2.24) is 10.6 Å². The number of nitrogens with one attached hydrogen (secondary N) is 2. The van der Waals surface area contributed by atoms with Gasteiger partial charge in [-0.15, -0.1) is 0 Å². The van der Waals surface area contributed by atoms with Crippen molar-refractivity contribution in [3.05, 3.63) is 90.0 Å². The molecule has 29 heavy (non-hydrogen) atoms. The van der Waals surface area contributed by atoms with Crippen LogP contribution < -0.4 is 15.4 Å². The monoisotopic (exact) mass is 388 g/mol. The lowest BCUT2D eigenvalue weighted by Crippen LogP contribution is -2.34. The second-order valence-electron chi connectivity index (χ2n) is 6.41. The van der Waals surface area contributed by atoms with E-state index in [1.54, 1.807) is 36.4 Å². The van der Waals surface area contributed by atoms with Gasteiger partial charge in [-0.3, -0.25) is 9.59 Å². The van der Waals surface area contributed by atoms with Gasteiger partial charge in [0, 0.05) is 24.2 Å². The van der Waals surface area contributed by atoms with Crippen molar-refractivity contribution in [3.8, 4) is 16.9 Å². The summed E-state index contributed by atoms with van der Waals surface area (Å²) in [7, 11) is 0. The van der Waals surface area contributed by atoms with E-state index in [0.29, 0.717) is 30.8 Å². The minimum Gasteiger partial charge on any atom is -0.494 e. The second-order valence-corrected chi connectivity index (χ2v) is 6.41. The fourth-order valence-corrected chi connectivity index (χ4v) is 2.87. The molecule has 0 bridgehead atoms. The van der Waals surface area contributed by atoms with Crippen molar-refractivity contribution in [3.63, 3.8) is 0 Å². The molecule has 0 atom stereocenters. The second kappa shape index (κ2) is 10.1. The summed E-state index contributed by atoms with van der Waals surface area (Å²) in [5.41, 5.74) is 3.31. The lowest BCUT2D eigenvalue weighted by molar-refractivity contribution is 0.0927. The van der Waals surface area contributed by atoms with Gasteiger partial charge < -0.3 is 15.4 Å². The fourth-order valence-electron chi connectivity index (χ4n) is 2.87. The molecule has 0 aliphatic carbocycles. The third-order valence-corrected chi connectivity index (χ3v) is 4.38. The maximum Gasteiger partial charge on any atom is 0.251 e. The largest absolute Gasteiger partial charge is 0.494 e. The third-order valence-electron chi connectivity index (χ3n) is 4.38. The predicted molar refractivity (Wildman–Crippen MR) is 114 cm³/mol. The van der Waals surface area contributed by atoms with Crippen LogP contribution in [-0.4, -0.2) is 31.5 Å². The third kappa shape index (κ3) is 5.69. The molecule has 0 radical (unpaired) electrons. The van der Waals surface area contributed by atoms with Crippen LogP contribution in [0.2, 0.25) is 0 Å². The molecular weight excluding hydrogens is 364 g/mol. The average molecular weight is 388 g/mol. The van der Waals surface area contributed by atoms with Gasteiger partial charge in [0.25, 0.3) is 11.8 Å². The molecule has 0 aromatic heterocycles. The molecule has 2 amide bonds. The van der Waals surface area contributed by atoms with E-state index in [-0.39, 0.29) is 11.8 Å². The van der Waals surface area contributed by atoms with Crippen LogP contribution in [-0.2, 0) is 0 Å². The highest BCUT2D eigenvalue weighted by atomic mass is 16.5. The molecule has 0 fully saturated rings. The molecule has 0 heterocycles. The lowest BCUT2D eigenvalue weighted by Gasteiger charge is -2.09. The Kier molecular flexibility index (Phi) is 7.00. The smallest absolute Gasteiger partial charge is 0.251 e. The van der Waals surface area contributed by atoms with Gasteiger partial charge in [0.2, 0.25) is 0 Å². The van der Waals surface area contributed by atoms with E-state index in [1.807, 2.05) is 49.4 Å². The van der Waals surface area contributed by atoms with Crippen LogP contribution in [0, 0.1) is 0 Å². The zero-order valence-corrected chi connectivity index (χ0v) is 16.4. The summed E-state index contributed by atoms with van der Waals surface area (Å²) in [6.07, 6.45) is 0. The quantitative estimate of drug-likeness (QED) is 0.575. The van der Waals surface area contributed by atoms with E-state index in [4.69, 9.17) is 4.74 Å². The number of amides is 2. The van der Waals surface area contributed by atoms with Crippen LogP contribution >= 0.6 is 0 Å². The van der Waals surface area contributed by atoms with Gasteiger partial charge in [0.05, 0.1) is 6.61 Å². The van der Waals surface area contributed by atoms with Crippen LogP contribution in [0.15, 0.2) is 78.9 Å².